The summed E-state index contributed by atoms with van der Waals surface area (Å²) in [4.78, 5) is 22.2. The van der Waals surface area contributed by atoms with E-state index in [0.717, 1.165) is 16.9 Å². The number of hydrogen-bond acceptors (Lipinski definition) is 6. The third kappa shape index (κ3) is 5.68. The van der Waals surface area contributed by atoms with Crippen LogP contribution in [0.3, 0.4) is 0 Å². The Bertz CT molecular complexity index is 732. The number of hydrogen-bond donors (Lipinski definition) is 3. The van der Waals surface area contributed by atoms with Gasteiger partial charge in [-0.25, -0.2) is 0 Å². The number of carboxylic acids is 1. The van der Waals surface area contributed by atoms with Gasteiger partial charge < -0.3 is 10.4 Å². The van der Waals surface area contributed by atoms with Crippen LogP contribution in [0.25, 0.3) is 6.08 Å². The van der Waals surface area contributed by atoms with Gasteiger partial charge in [0.2, 0.25) is 16.2 Å². The first kappa shape index (κ1) is 16.9. The Morgan fingerprint density at radius 3 is 2.74 bits per heavy atom. The highest BCUT2D eigenvalue weighted by Gasteiger charge is 2.06. The molecule has 3 N–H and O–H groups in total. The maximum atomic E-state index is 11.8. The quantitative estimate of drug-likeness (QED) is 0.662. The van der Waals surface area contributed by atoms with E-state index in [-0.39, 0.29) is 18.9 Å². The fourth-order valence-corrected chi connectivity index (χ4v) is 2.42. The van der Waals surface area contributed by atoms with E-state index >= 15 is 0 Å². The molecule has 0 spiro atoms. The SMILES string of the molecule is O=C(O)CCNc1nnc(NC(=O)C=Cc2ccccc2Cl)s1. The van der Waals surface area contributed by atoms with Gasteiger partial charge in [0.1, 0.15) is 0 Å². The normalized spacial score (nSPS) is 10.7. The zero-order chi connectivity index (χ0) is 16.7. The van der Waals surface area contributed by atoms with Crippen molar-refractivity contribution < 1.29 is 14.7 Å². The van der Waals surface area contributed by atoms with E-state index < -0.39 is 5.97 Å². The Kier molecular flexibility index (Phi) is 6.07. The van der Waals surface area contributed by atoms with E-state index in [9.17, 15) is 9.59 Å². The smallest absolute Gasteiger partial charge is 0.305 e. The lowest BCUT2D eigenvalue weighted by molar-refractivity contribution is -0.136. The predicted octanol–water partition coefficient (Wildman–Crippen LogP) is 2.73. The summed E-state index contributed by atoms with van der Waals surface area (Å²) in [6, 6.07) is 7.16. The Hall–Kier alpha value is -2.45. The van der Waals surface area contributed by atoms with Gasteiger partial charge in [-0.2, -0.15) is 0 Å². The molecule has 0 aliphatic carbocycles. The van der Waals surface area contributed by atoms with Gasteiger partial charge in [0, 0.05) is 17.6 Å². The van der Waals surface area contributed by atoms with Crippen LogP contribution in [0.2, 0.25) is 5.02 Å². The van der Waals surface area contributed by atoms with Crippen LogP contribution in [-0.4, -0.2) is 33.7 Å². The second-order valence-corrected chi connectivity index (χ2v) is 5.71. The molecule has 0 aliphatic rings. The van der Waals surface area contributed by atoms with Crippen LogP contribution < -0.4 is 10.6 Å². The molecule has 0 saturated heterocycles. The third-order valence-electron chi connectivity index (χ3n) is 2.59. The number of halogens is 1. The molecule has 120 valence electrons. The van der Waals surface area contributed by atoms with Crippen molar-refractivity contribution in [2.45, 2.75) is 6.42 Å². The molecule has 0 atom stereocenters. The van der Waals surface area contributed by atoms with Crippen molar-refractivity contribution in [3.05, 3.63) is 40.9 Å². The monoisotopic (exact) mass is 352 g/mol. The molecule has 1 aromatic carbocycles. The Morgan fingerprint density at radius 2 is 2.00 bits per heavy atom. The van der Waals surface area contributed by atoms with Crippen molar-refractivity contribution in [1.82, 2.24) is 10.2 Å². The molecular weight excluding hydrogens is 340 g/mol. The molecule has 2 aromatic rings. The van der Waals surface area contributed by atoms with E-state index in [1.165, 1.54) is 6.08 Å². The van der Waals surface area contributed by atoms with Gasteiger partial charge in [0.25, 0.3) is 0 Å². The van der Waals surface area contributed by atoms with Crippen LogP contribution in [0.1, 0.15) is 12.0 Å². The highest BCUT2D eigenvalue weighted by molar-refractivity contribution is 7.19. The summed E-state index contributed by atoms with van der Waals surface area (Å²) in [5, 5.41) is 22.8. The Balaban J connectivity index is 1.87. The summed E-state index contributed by atoms with van der Waals surface area (Å²) in [5.41, 5.74) is 0.734. The van der Waals surface area contributed by atoms with Gasteiger partial charge >= 0.3 is 5.97 Å². The molecule has 0 fully saturated rings. The van der Waals surface area contributed by atoms with Crippen LogP contribution >= 0.6 is 22.9 Å². The molecule has 1 aromatic heterocycles. The second-order valence-electron chi connectivity index (χ2n) is 4.33. The van der Waals surface area contributed by atoms with Gasteiger partial charge in [-0.3, -0.25) is 14.9 Å². The zero-order valence-corrected chi connectivity index (χ0v) is 13.4. The summed E-state index contributed by atoms with van der Waals surface area (Å²) in [6.45, 7) is 0.240. The standard InChI is InChI=1S/C14H13ClN4O3S/c15-10-4-2-1-3-9(10)5-6-11(20)17-14-19-18-13(23-14)16-8-7-12(21)22/h1-6H,7-8H2,(H,16,18)(H,21,22)(H,17,19,20). The fourth-order valence-electron chi connectivity index (χ4n) is 1.54. The minimum Gasteiger partial charge on any atom is -0.481 e. The first-order chi connectivity index (χ1) is 11.0. The average Bonchev–Trinajstić information content (AvgIpc) is 2.93. The van der Waals surface area contributed by atoms with E-state index in [4.69, 9.17) is 16.7 Å². The van der Waals surface area contributed by atoms with Gasteiger partial charge in [-0.15, -0.1) is 10.2 Å². The molecule has 1 heterocycles. The number of carboxylic acid groups (broad SMARTS) is 1. The van der Waals surface area contributed by atoms with Gasteiger partial charge in [-0.1, -0.05) is 41.1 Å². The van der Waals surface area contributed by atoms with Gasteiger partial charge in [-0.05, 0) is 17.7 Å². The minimum atomic E-state index is -0.903. The molecule has 9 heteroatoms. The molecule has 2 rings (SSSR count). The van der Waals surface area contributed by atoms with Gasteiger partial charge in [0.15, 0.2) is 0 Å². The lowest BCUT2D eigenvalue weighted by Crippen LogP contribution is -2.07. The molecule has 0 aliphatic heterocycles. The fraction of sp³-hybridized carbons (Fsp3) is 0.143. The van der Waals surface area contributed by atoms with Crippen LogP contribution in [-0.2, 0) is 9.59 Å². The van der Waals surface area contributed by atoms with Crippen molar-refractivity contribution in [2.75, 3.05) is 17.2 Å². The molecular formula is C14H13ClN4O3S. The third-order valence-corrected chi connectivity index (χ3v) is 3.73. The zero-order valence-electron chi connectivity index (χ0n) is 11.8. The Labute approximate surface area is 141 Å². The highest BCUT2D eigenvalue weighted by atomic mass is 35.5. The number of carbonyl (C=O) groups is 2. The Morgan fingerprint density at radius 1 is 1.26 bits per heavy atom. The molecule has 0 radical (unpaired) electrons. The van der Waals surface area contributed by atoms with Gasteiger partial charge in [0.05, 0.1) is 6.42 Å². The number of aromatic nitrogens is 2. The van der Waals surface area contributed by atoms with E-state index in [1.807, 2.05) is 6.07 Å². The van der Waals surface area contributed by atoms with E-state index in [0.29, 0.717) is 15.3 Å². The number of aliphatic carboxylic acids is 1. The molecule has 0 bridgehead atoms. The molecule has 0 unspecified atom stereocenters. The topological polar surface area (TPSA) is 104 Å². The number of nitrogens with zero attached hydrogens (tertiary/aromatic N) is 2. The maximum Gasteiger partial charge on any atom is 0.305 e. The summed E-state index contributed by atoms with van der Waals surface area (Å²) < 4.78 is 0. The summed E-state index contributed by atoms with van der Waals surface area (Å²) in [5.74, 6) is -1.27. The first-order valence-corrected chi connectivity index (χ1v) is 7.77. The summed E-state index contributed by atoms with van der Waals surface area (Å²) in [7, 11) is 0. The highest BCUT2D eigenvalue weighted by Crippen LogP contribution is 2.20. The number of nitrogens with one attached hydrogen (secondary N) is 2. The van der Waals surface area contributed by atoms with E-state index in [1.54, 1.807) is 24.3 Å². The molecule has 7 nitrogen and oxygen atoms in total. The average molecular weight is 353 g/mol. The molecule has 23 heavy (non-hydrogen) atoms. The molecule has 1 amide bonds. The lowest BCUT2D eigenvalue weighted by Gasteiger charge is -1.98. The largest absolute Gasteiger partial charge is 0.481 e. The first-order valence-electron chi connectivity index (χ1n) is 6.57. The van der Waals surface area contributed by atoms with Crippen molar-refractivity contribution in [3.8, 4) is 0 Å². The molecule has 0 saturated carbocycles. The number of benzene rings is 1. The van der Waals surface area contributed by atoms with Crippen molar-refractivity contribution in [2.24, 2.45) is 0 Å². The number of rotatable bonds is 7. The summed E-state index contributed by atoms with van der Waals surface area (Å²) >= 11 is 7.11. The minimum absolute atomic E-state index is 0.0259. The van der Waals surface area contributed by atoms with E-state index in [2.05, 4.69) is 20.8 Å². The van der Waals surface area contributed by atoms with Crippen LogP contribution in [0, 0.1) is 0 Å². The van der Waals surface area contributed by atoms with Crippen molar-refractivity contribution >= 4 is 51.2 Å². The maximum absolute atomic E-state index is 11.8. The second kappa shape index (κ2) is 8.25. The summed E-state index contributed by atoms with van der Waals surface area (Å²) in [6.07, 6.45) is 2.92. The van der Waals surface area contributed by atoms with Crippen LogP contribution in [0.5, 0.6) is 0 Å². The number of anilines is 2. The number of amides is 1. The van der Waals surface area contributed by atoms with Crippen LogP contribution in [0.15, 0.2) is 30.3 Å². The lowest BCUT2D eigenvalue weighted by atomic mass is 10.2. The van der Waals surface area contributed by atoms with Crippen molar-refractivity contribution in [3.63, 3.8) is 0 Å². The predicted molar refractivity (Wildman–Crippen MR) is 89.8 cm³/mol. The van der Waals surface area contributed by atoms with Crippen LogP contribution in [0.4, 0.5) is 10.3 Å². The number of carbonyl (C=O) groups excluding carboxylic acids is 1. The van der Waals surface area contributed by atoms with Crippen molar-refractivity contribution in [1.29, 1.82) is 0 Å².